The van der Waals surface area contributed by atoms with Crippen LogP contribution < -0.4 is 9.62 Å². The van der Waals surface area contributed by atoms with E-state index in [1.54, 1.807) is 31.2 Å². The number of anilines is 1. The Kier molecular flexibility index (Phi) is 10.5. The average molecular weight is 549 g/mol. The molecule has 0 spiro atoms. The number of hydrogen-bond acceptors (Lipinski definition) is 4. The van der Waals surface area contributed by atoms with Crippen LogP contribution in [0.15, 0.2) is 42.5 Å². The first-order valence-corrected chi connectivity index (χ1v) is 13.7. The van der Waals surface area contributed by atoms with Gasteiger partial charge in [0.25, 0.3) is 0 Å². The molecule has 0 heterocycles. The van der Waals surface area contributed by atoms with E-state index in [0.29, 0.717) is 23.6 Å². The summed E-state index contributed by atoms with van der Waals surface area (Å²) in [5, 5.41) is 3.66. The predicted molar refractivity (Wildman–Crippen MR) is 138 cm³/mol. The van der Waals surface area contributed by atoms with E-state index in [1.807, 2.05) is 6.92 Å². The van der Waals surface area contributed by atoms with Crippen molar-refractivity contribution in [3.63, 3.8) is 0 Å². The van der Waals surface area contributed by atoms with Gasteiger partial charge in [-0.25, -0.2) is 8.42 Å². The van der Waals surface area contributed by atoms with Gasteiger partial charge in [-0.15, -0.1) is 0 Å². The number of carbonyl (C=O) groups excluding carboxylic acids is 2. The zero-order chi connectivity index (χ0) is 25.5. The molecule has 0 bridgehead atoms. The van der Waals surface area contributed by atoms with E-state index >= 15 is 0 Å². The number of rotatable bonds is 11. The molecule has 186 valence electrons. The lowest BCUT2D eigenvalue weighted by atomic mass is 10.1. The summed E-state index contributed by atoms with van der Waals surface area (Å²) in [7, 11) is -3.87. The molecular weight excluding hydrogens is 521 g/mol. The van der Waals surface area contributed by atoms with E-state index in [4.69, 9.17) is 34.8 Å². The molecule has 0 aliphatic carbocycles. The highest BCUT2D eigenvalue weighted by Crippen LogP contribution is 2.29. The highest BCUT2D eigenvalue weighted by atomic mass is 35.5. The summed E-state index contributed by atoms with van der Waals surface area (Å²) in [5.74, 6) is -0.875. The van der Waals surface area contributed by atoms with E-state index in [2.05, 4.69) is 5.32 Å². The normalized spacial score (nSPS) is 12.2. The number of carbonyl (C=O) groups is 2. The van der Waals surface area contributed by atoms with Crippen LogP contribution in [-0.4, -0.2) is 50.5 Å². The molecule has 0 radical (unpaired) electrons. The third kappa shape index (κ3) is 7.50. The molecule has 0 unspecified atom stereocenters. The van der Waals surface area contributed by atoms with Gasteiger partial charge in [0.15, 0.2) is 0 Å². The Labute approximate surface area is 216 Å². The van der Waals surface area contributed by atoms with Gasteiger partial charge in [-0.3, -0.25) is 13.9 Å². The number of nitrogens with zero attached hydrogens (tertiary/aromatic N) is 2. The van der Waals surface area contributed by atoms with Crippen molar-refractivity contribution in [2.45, 2.75) is 39.3 Å². The van der Waals surface area contributed by atoms with Crippen LogP contribution in [0.5, 0.6) is 0 Å². The molecule has 1 N–H and O–H groups in total. The van der Waals surface area contributed by atoms with Crippen molar-refractivity contribution in [3.05, 3.63) is 63.1 Å². The van der Waals surface area contributed by atoms with Gasteiger partial charge in [0.1, 0.15) is 12.6 Å². The molecule has 2 aromatic rings. The van der Waals surface area contributed by atoms with Crippen LogP contribution in [0.4, 0.5) is 5.69 Å². The first kappa shape index (κ1) is 28.2. The molecule has 0 aliphatic heterocycles. The SMILES string of the molecule is CCCNC(=O)[C@@H](CC)N(Cc1ccccc1Cl)C(=O)CN(c1ccc(Cl)c(Cl)c1)S(C)(=O)=O. The van der Waals surface area contributed by atoms with Crippen LogP contribution in [-0.2, 0) is 26.2 Å². The third-order valence-electron chi connectivity index (χ3n) is 5.10. The van der Waals surface area contributed by atoms with Crippen LogP contribution in [0, 0.1) is 0 Å². The summed E-state index contributed by atoms with van der Waals surface area (Å²) in [5.41, 5.74) is 0.825. The zero-order valence-corrected chi connectivity index (χ0v) is 22.3. The fraction of sp³-hybridized carbons (Fsp3) is 0.391. The van der Waals surface area contributed by atoms with E-state index in [1.165, 1.54) is 23.1 Å². The summed E-state index contributed by atoms with van der Waals surface area (Å²) in [6.45, 7) is 3.68. The summed E-state index contributed by atoms with van der Waals surface area (Å²) in [6.07, 6.45) is 2.06. The van der Waals surface area contributed by atoms with Crippen molar-refractivity contribution in [3.8, 4) is 0 Å². The Morgan fingerprint density at radius 1 is 1.00 bits per heavy atom. The fourth-order valence-electron chi connectivity index (χ4n) is 3.35. The molecule has 0 saturated heterocycles. The van der Waals surface area contributed by atoms with Crippen LogP contribution in [0.25, 0.3) is 0 Å². The second-order valence-corrected chi connectivity index (χ2v) is 10.8. The summed E-state index contributed by atoms with van der Waals surface area (Å²) < 4.78 is 26.1. The molecule has 2 aromatic carbocycles. The lowest BCUT2D eigenvalue weighted by Crippen LogP contribution is -2.52. The van der Waals surface area contributed by atoms with E-state index < -0.39 is 28.5 Å². The van der Waals surface area contributed by atoms with Gasteiger partial charge in [0.05, 0.1) is 22.0 Å². The number of sulfonamides is 1. The molecule has 2 rings (SSSR count). The van der Waals surface area contributed by atoms with Crippen molar-refractivity contribution in [1.29, 1.82) is 0 Å². The van der Waals surface area contributed by atoms with Crippen LogP contribution in [0.3, 0.4) is 0 Å². The fourth-order valence-corrected chi connectivity index (χ4v) is 4.68. The lowest BCUT2D eigenvalue weighted by Gasteiger charge is -2.33. The van der Waals surface area contributed by atoms with Crippen molar-refractivity contribution < 1.29 is 18.0 Å². The second-order valence-electron chi connectivity index (χ2n) is 7.70. The lowest BCUT2D eigenvalue weighted by molar-refractivity contribution is -0.140. The topological polar surface area (TPSA) is 86.8 Å². The quantitative estimate of drug-likeness (QED) is 0.439. The Morgan fingerprint density at radius 3 is 2.24 bits per heavy atom. The van der Waals surface area contributed by atoms with Gasteiger partial charge >= 0.3 is 0 Å². The van der Waals surface area contributed by atoms with Crippen molar-refractivity contribution in [2.75, 3.05) is 23.7 Å². The smallest absolute Gasteiger partial charge is 0.244 e. The van der Waals surface area contributed by atoms with Gasteiger partial charge in [-0.2, -0.15) is 0 Å². The number of halogens is 3. The van der Waals surface area contributed by atoms with Crippen molar-refractivity contribution in [2.24, 2.45) is 0 Å². The highest BCUT2D eigenvalue weighted by Gasteiger charge is 2.32. The molecule has 34 heavy (non-hydrogen) atoms. The monoisotopic (exact) mass is 547 g/mol. The molecule has 11 heteroatoms. The maximum absolute atomic E-state index is 13.6. The molecule has 1 atom stereocenters. The largest absolute Gasteiger partial charge is 0.354 e. The Balaban J connectivity index is 2.46. The van der Waals surface area contributed by atoms with Gasteiger partial charge < -0.3 is 10.2 Å². The molecule has 7 nitrogen and oxygen atoms in total. The standard InChI is InChI=1S/C23H28Cl3N3O4S/c1-4-12-27-23(31)21(5-2)28(14-16-8-6-7-9-18(16)24)22(30)15-29(34(3,32)33)17-10-11-19(25)20(26)13-17/h6-11,13,21H,4-5,12,14-15H2,1-3H3,(H,27,31)/t21-/m1/s1. The summed E-state index contributed by atoms with van der Waals surface area (Å²) in [6, 6.07) is 10.5. The van der Waals surface area contributed by atoms with Crippen LogP contribution in [0.2, 0.25) is 15.1 Å². The summed E-state index contributed by atoms with van der Waals surface area (Å²) in [4.78, 5) is 27.8. The van der Waals surface area contributed by atoms with E-state index in [-0.39, 0.29) is 28.2 Å². The maximum atomic E-state index is 13.6. The molecule has 0 aliphatic rings. The molecule has 0 fully saturated rings. The Bertz CT molecular complexity index is 1130. The van der Waals surface area contributed by atoms with Crippen molar-refractivity contribution >= 4 is 62.3 Å². The second kappa shape index (κ2) is 12.6. The van der Waals surface area contributed by atoms with Crippen molar-refractivity contribution in [1.82, 2.24) is 10.2 Å². The first-order chi connectivity index (χ1) is 16.0. The van der Waals surface area contributed by atoms with Gasteiger partial charge in [0.2, 0.25) is 21.8 Å². The van der Waals surface area contributed by atoms with Gasteiger partial charge in [-0.1, -0.05) is 66.8 Å². The Hall–Kier alpha value is -2.00. The average Bonchev–Trinajstić information content (AvgIpc) is 2.78. The molecular formula is C23H28Cl3N3O4S. The third-order valence-corrected chi connectivity index (χ3v) is 7.35. The van der Waals surface area contributed by atoms with E-state index in [0.717, 1.165) is 17.0 Å². The van der Waals surface area contributed by atoms with E-state index in [9.17, 15) is 18.0 Å². The first-order valence-electron chi connectivity index (χ1n) is 10.7. The highest BCUT2D eigenvalue weighted by molar-refractivity contribution is 7.92. The number of amides is 2. The summed E-state index contributed by atoms with van der Waals surface area (Å²) >= 11 is 18.4. The Morgan fingerprint density at radius 2 is 1.68 bits per heavy atom. The number of hydrogen-bond donors (Lipinski definition) is 1. The maximum Gasteiger partial charge on any atom is 0.244 e. The minimum atomic E-state index is -3.87. The minimum absolute atomic E-state index is 0.0372. The molecule has 0 aromatic heterocycles. The van der Waals surface area contributed by atoms with Gasteiger partial charge in [-0.05, 0) is 42.7 Å². The molecule has 0 saturated carbocycles. The predicted octanol–water partition coefficient (Wildman–Crippen LogP) is 4.75. The van der Waals surface area contributed by atoms with Crippen LogP contribution in [0.1, 0.15) is 32.3 Å². The molecule has 2 amide bonds. The van der Waals surface area contributed by atoms with Crippen LogP contribution >= 0.6 is 34.8 Å². The number of nitrogens with one attached hydrogen (secondary N) is 1. The van der Waals surface area contributed by atoms with Gasteiger partial charge in [0, 0.05) is 18.1 Å². The number of benzene rings is 2. The minimum Gasteiger partial charge on any atom is -0.354 e. The zero-order valence-electron chi connectivity index (χ0n) is 19.2.